The lowest BCUT2D eigenvalue weighted by Crippen LogP contribution is -2.24. The molecule has 4 rings (SSSR count). The van der Waals surface area contributed by atoms with Crippen molar-refractivity contribution in [1.82, 2.24) is 9.55 Å². The third-order valence-corrected chi connectivity index (χ3v) is 5.83. The zero-order valence-corrected chi connectivity index (χ0v) is 14.6. The van der Waals surface area contributed by atoms with E-state index in [2.05, 4.69) is 4.98 Å². The van der Waals surface area contributed by atoms with Crippen LogP contribution in [0.25, 0.3) is 20.7 Å². The van der Waals surface area contributed by atoms with Crippen LogP contribution in [-0.4, -0.2) is 22.8 Å². The number of aromatic nitrogens is 2. The highest BCUT2D eigenvalue weighted by Crippen LogP contribution is 2.30. The van der Waals surface area contributed by atoms with Crippen molar-refractivity contribution in [3.8, 4) is 10.4 Å². The summed E-state index contributed by atoms with van der Waals surface area (Å²) in [5.41, 5.74) is 1.60. The van der Waals surface area contributed by atoms with Gasteiger partial charge < -0.3 is 4.74 Å². The van der Waals surface area contributed by atoms with Gasteiger partial charge in [-0.2, -0.15) is 0 Å². The van der Waals surface area contributed by atoms with Gasteiger partial charge >= 0.3 is 0 Å². The van der Waals surface area contributed by atoms with Gasteiger partial charge in [0.05, 0.1) is 11.8 Å². The van der Waals surface area contributed by atoms with Crippen molar-refractivity contribution in [3.63, 3.8) is 0 Å². The molecule has 3 aromatic rings. The van der Waals surface area contributed by atoms with Crippen LogP contribution in [0, 0.1) is 11.7 Å². The molecule has 1 saturated heterocycles. The highest BCUT2D eigenvalue weighted by Gasteiger charge is 2.15. The lowest BCUT2D eigenvalue weighted by Gasteiger charge is -2.22. The molecular formula is C19H19FN2O2S. The van der Waals surface area contributed by atoms with Crippen molar-refractivity contribution in [2.45, 2.75) is 25.8 Å². The van der Waals surface area contributed by atoms with Gasteiger partial charge in [-0.05, 0) is 48.9 Å². The van der Waals surface area contributed by atoms with Crippen LogP contribution in [0.3, 0.4) is 0 Å². The number of hydrogen-bond donors (Lipinski definition) is 0. The van der Waals surface area contributed by atoms with E-state index < -0.39 is 0 Å². The van der Waals surface area contributed by atoms with E-state index in [1.54, 1.807) is 23.0 Å². The summed E-state index contributed by atoms with van der Waals surface area (Å²) < 4.78 is 20.9. The third-order valence-electron chi connectivity index (χ3n) is 4.67. The summed E-state index contributed by atoms with van der Waals surface area (Å²) in [6.45, 7) is 2.31. The van der Waals surface area contributed by atoms with Crippen LogP contribution in [-0.2, 0) is 11.3 Å². The fraction of sp³-hybridized carbons (Fsp3) is 0.368. The molecule has 3 heterocycles. The standard InChI is InChI=1S/C19H19FN2O2S/c20-15-5-3-14(4-6-15)17-10-16-18(25-17)19(23)22(12-21-16)8-7-13-2-1-9-24-11-13/h3-6,10,12-13H,1-2,7-9,11H2/t13-/m1/s1. The molecule has 6 heteroatoms. The Hall–Kier alpha value is -2.05. The van der Waals surface area contributed by atoms with Crippen molar-refractivity contribution < 1.29 is 9.13 Å². The van der Waals surface area contributed by atoms with Crippen molar-refractivity contribution in [3.05, 3.63) is 52.8 Å². The topological polar surface area (TPSA) is 44.1 Å². The van der Waals surface area contributed by atoms with Gasteiger partial charge in [0.2, 0.25) is 0 Å². The minimum atomic E-state index is -0.267. The molecule has 0 spiro atoms. The first-order valence-electron chi connectivity index (χ1n) is 8.53. The van der Waals surface area contributed by atoms with E-state index in [4.69, 9.17) is 4.74 Å². The fourth-order valence-corrected chi connectivity index (χ4v) is 4.28. The van der Waals surface area contributed by atoms with Crippen molar-refractivity contribution >= 4 is 21.6 Å². The van der Waals surface area contributed by atoms with Gasteiger partial charge in [-0.1, -0.05) is 12.1 Å². The second-order valence-electron chi connectivity index (χ2n) is 6.45. The molecule has 1 aliphatic rings. The second kappa shape index (κ2) is 7.06. The first-order valence-corrected chi connectivity index (χ1v) is 9.35. The van der Waals surface area contributed by atoms with Gasteiger partial charge in [0.15, 0.2) is 0 Å². The van der Waals surface area contributed by atoms with Gasteiger partial charge in [0, 0.05) is 24.6 Å². The van der Waals surface area contributed by atoms with Gasteiger partial charge in [0.25, 0.3) is 5.56 Å². The zero-order chi connectivity index (χ0) is 17.2. The summed E-state index contributed by atoms with van der Waals surface area (Å²) in [4.78, 5) is 18.1. The highest BCUT2D eigenvalue weighted by molar-refractivity contribution is 7.22. The Morgan fingerprint density at radius 1 is 1.32 bits per heavy atom. The number of benzene rings is 1. The average Bonchev–Trinajstić information content (AvgIpc) is 3.08. The second-order valence-corrected chi connectivity index (χ2v) is 7.50. The summed E-state index contributed by atoms with van der Waals surface area (Å²) in [6.07, 6.45) is 4.83. The molecule has 1 aliphatic heterocycles. The molecule has 130 valence electrons. The largest absolute Gasteiger partial charge is 0.381 e. The van der Waals surface area contributed by atoms with E-state index in [9.17, 15) is 9.18 Å². The van der Waals surface area contributed by atoms with Gasteiger partial charge in [-0.3, -0.25) is 9.36 Å². The molecule has 0 N–H and O–H groups in total. The van der Waals surface area contributed by atoms with Crippen LogP contribution >= 0.6 is 11.3 Å². The van der Waals surface area contributed by atoms with Crippen molar-refractivity contribution in [2.75, 3.05) is 13.2 Å². The molecule has 0 unspecified atom stereocenters. The Balaban J connectivity index is 1.59. The number of ether oxygens (including phenoxy) is 1. The van der Waals surface area contributed by atoms with E-state index in [0.717, 1.165) is 42.9 Å². The van der Waals surface area contributed by atoms with Crippen LogP contribution in [0.1, 0.15) is 19.3 Å². The van der Waals surface area contributed by atoms with E-state index in [0.29, 0.717) is 22.7 Å². The van der Waals surface area contributed by atoms with E-state index >= 15 is 0 Å². The zero-order valence-electron chi connectivity index (χ0n) is 13.8. The van der Waals surface area contributed by atoms with Gasteiger partial charge in [-0.15, -0.1) is 11.3 Å². The third kappa shape index (κ3) is 3.50. The van der Waals surface area contributed by atoms with Gasteiger partial charge in [-0.25, -0.2) is 9.37 Å². The van der Waals surface area contributed by atoms with E-state index in [1.807, 2.05) is 6.07 Å². The van der Waals surface area contributed by atoms with Gasteiger partial charge in [0.1, 0.15) is 10.5 Å². The Kier molecular flexibility index (Phi) is 4.63. The number of halogens is 1. The maximum atomic E-state index is 13.1. The molecule has 4 nitrogen and oxygen atoms in total. The molecule has 1 aromatic carbocycles. The molecular weight excluding hydrogens is 339 g/mol. The number of hydrogen-bond acceptors (Lipinski definition) is 4. The first-order chi connectivity index (χ1) is 12.2. The molecule has 0 aliphatic carbocycles. The lowest BCUT2D eigenvalue weighted by molar-refractivity contribution is 0.0499. The molecule has 0 amide bonds. The maximum absolute atomic E-state index is 13.1. The van der Waals surface area contributed by atoms with Crippen LogP contribution in [0.15, 0.2) is 41.5 Å². The van der Waals surface area contributed by atoms with Crippen molar-refractivity contribution in [2.24, 2.45) is 5.92 Å². The molecule has 1 atom stereocenters. The first kappa shape index (κ1) is 16.4. The van der Waals surface area contributed by atoms with E-state index in [-0.39, 0.29) is 11.4 Å². The highest BCUT2D eigenvalue weighted by atomic mass is 32.1. The molecule has 0 radical (unpaired) electrons. The normalized spacial score (nSPS) is 17.9. The Labute approximate surface area is 148 Å². The smallest absolute Gasteiger partial charge is 0.271 e. The average molecular weight is 358 g/mol. The molecule has 1 fully saturated rings. The molecule has 0 bridgehead atoms. The Morgan fingerprint density at radius 3 is 2.92 bits per heavy atom. The van der Waals surface area contributed by atoms with Crippen LogP contribution in [0.5, 0.6) is 0 Å². The number of rotatable bonds is 4. The number of fused-ring (bicyclic) bond motifs is 1. The minimum Gasteiger partial charge on any atom is -0.381 e. The van der Waals surface area contributed by atoms with Crippen LogP contribution < -0.4 is 5.56 Å². The minimum absolute atomic E-state index is 0.0000829. The number of nitrogens with zero attached hydrogens (tertiary/aromatic N) is 2. The number of thiophene rings is 1. The molecule has 2 aromatic heterocycles. The summed E-state index contributed by atoms with van der Waals surface area (Å²) >= 11 is 1.42. The molecule has 0 saturated carbocycles. The summed E-state index contributed by atoms with van der Waals surface area (Å²) in [7, 11) is 0. The Bertz CT molecular complexity index is 927. The SMILES string of the molecule is O=c1c2sc(-c3ccc(F)cc3)cc2ncn1CC[C@H]1CCCOC1. The maximum Gasteiger partial charge on any atom is 0.271 e. The summed E-state index contributed by atoms with van der Waals surface area (Å²) in [6, 6.07) is 8.20. The lowest BCUT2D eigenvalue weighted by atomic mass is 9.99. The predicted octanol–water partition coefficient (Wildman–Crippen LogP) is 4.08. The predicted molar refractivity (Wildman–Crippen MR) is 97.4 cm³/mol. The van der Waals surface area contributed by atoms with Crippen LogP contribution in [0.4, 0.5) is 4.39 Å². The monoisotopic (exact) mass is 358 g/mol. The quantitative estimate of drug-likeness (QED) is 0.706. The summed E-state index contributed by atoms with van der Waals surface area (Å²) in [5.74, 6) is 0.256. The fourth-order valence-electron chi connectivity index (χ4n) is 3.22. The van der Waals surface area contributed by atoms with Crippen molar-refractivity contribution in [1.29, 1.82) is 0 Å². The Morgan fingerprint density at radius 2 is 2.16 bits per heavy atom. The number of aryl methyl sites for hydroxylation is 1. The van der Waals surface area contributed by atoms with E-state index in [1.165, 1.54) is 23.5 Å². The van der Waals surface area contributed by atoms with Crippen LogP contribution in [0.2, 0.25) is 0 Å². The molecule has 25 heavy (non-hydrogen) atoms. The summed E-state index contributed by atoms with van der Waals surface area (Å²) in [5, 5.41) is 0.